The Kier molecular flexibility index (Phi) is 6.35. The van der Waals surface area contributed by atoms with Gasteiger partial charge in [0, 0.05) is 19.1 Å². The monoisotopic (exact) mass is 426 g/mol. The van der Waals surface area contributed by atoms with Crippen LogP contribution >= 0.6 is 23.1 Å². The van der Waals surface area contributed by atoms with Gasteiger partial charge in [-0.25, -0.2) is 0 Å². The first-order chi connectivity index (χ1) is 14.2. The lowest BCUT2D eigenvalue weighted by molar-refractivity contribution is -0.129. The Morgan fingerprint density at radius 1 is 1.24 bits per heavy atom. The Balaban J connectivity index is 1.44. The normalized spacial score (nSPS) is 13.6. The van der Waals surface area contributed by atoms with E-state index in [0.717, 1.165) is 41.7 Å². The number of rotatable bonds is 9. The highest BCUT2D eigenvalue weighted by Crippen LogP contribution is 2.41. The van der Waals surface area contributed by atoms with Crippen molar-refractivity contribution >= 4 is 29.0 Å². The Hall–Kier alpha value is -2.12. The van der Waals surface area contributed by atoms with E-state index >= 15 is 0 Å². The van der Waals surface area contributed by atoms with Crippen molar-refractivity contribution < 1.29 is 4.79 Å². The van der Waals surface area contributed by atoms with Crippen LogP contribution in [0.5, 0.6) is 0 Å². The lowest BCUT2D eigenvalue weighted by Crippen LogP contribution is -2.32. The maximum absolute atomic E-state index is 13.0. The maximum Gasteiger partial charge on any atom is 0.233 e. The average molecular weight is 427 g/mol. The van der Waals surface area contributed by atoms with Crippen molar-refractivity contribution in [1.29, 1.82) is 0 Å². The molecule has 2 aromatic heterocycles. The molecule has 0 aliphatic heterocycles. The number of carbonyl (C=O) groups excluding carboxylic acids is 1. The molecule has 152 valence electrons. The molecule has 0 bridgehead atoms. The van der Waals surface area contributed by atoms with E-state index < -0.39 is 0 Å². The van der Waals surface area contributed by atoms with Crippen LogP contribution in [0.3, 0.4) is 0 Å². The summed E-state index contributed by atoms with van der Waals surface area (Å²) in [4.78, 5) is 16.0. The third-order valence-corrected chi connectivity index (χ3v) is 6.78. The van der Waals surface area contributed by atoms with Gasteiger partial charge in [-0.1, -0.05) is 54.6 Å². The fraction of sp³-hybridized carbons (Fsp3) is 0.409. The summed E-state index contributed by atoms with van der Waals surface area (Å²) in [6.45, 7) is 5.61. The second kappa shape index (κ2) is 9.13. The molecule has 1 saturated carbocycles. The zero-order chi connectivity index (χ0) is 20.2. The number of aryl methyl sites for hydroxylation is 1. The summed E-state index contributed by atoms with van der Waals surface area (Å²) in [6.07, 6.45) is 3.27. The fourth-order valence-corrected chi connectivity index (χ4v) is 4.92. The van der Waals surface area contributed by atoms with E-state index in [1.807, 2.05) is 11.0 Å². The van der Waals surface area contributed by atoms with Crippen LogP contribution in [0.4, 0.5) is 0 Å². The molecule has 1 amide bonds. The largest absolute Gasteiger partial charge is 0.338 e. The predicted molar refractivity (Wildman–Crippen MR) is 119 cm³/mol. The number of benzene rings is 1. The molecule has 1 aromatic carbocycles. The first kappa shape index (κ1) is 20.2. The highest BCUT2D eigenvalue weighted by molar-refractivity contribution is 7.99. The molecule has 2 heterocycles. The Morgan fingerprint density at radius 3 is 2.69 bits per heavy atom. The summed E-state index contributed by atoms with van der Waals surface area (Å²) >= 11 is 3.19. The van der Waals surface area contributed by atoms with Gasteiger partial charge in [0.15, 0.2) is 11.0 Å². The molecule has 0 N–H and O–H groups in total. The molecule has 0 unspecified atom stereocenters. The maximum atomic E-state index is 13.0. The lowest BCUT2D eigenvalue weighted by atomic mass is 10.1. The molecule has 7 heteroatoms. The highest BCUT2D eigenvalue weighted by atomic mass is 32.2. The lowest BCUT2D eigenvalue weighted by Gasteiger charge is -2.22. The van der Waals surface area contributed by atoms with E-state index in [1.165, 1.54) is 22.9 Å². The Bertz CT molecular complexity index is 946. The van der Waals surface area contributed by atoms with Crippen molar-refractivity contribution in [2.75, 3.05) is 12.3 Å². The summed E-state index contributed by atoms with van der Waals surface area (Å²) in [5.74, 6) is 1.48. The summed E-state index contributed by atoms with van der Waals surface area (Å²) < 4.78 is 2.23. The molecule has 4 rings (SSSR count). The molecule has 0 saturated heterocycles. The van der Waals surface area contributed by atoms with Crippen molar-refractivity contribution in [2.45, 2.75) is 50.9 Å². The third-order valence-electron chi connectivity index (χ3n) is 4.98. The van der Waals surface area contributed by atoms with Crippen molar-refractivity contribution in [2.24, 2.45) is 0 Å². The Morgan fingerprint density at radius 2 is 2.03 bits per heavy atom. The molecule has 5 nitrogen and oxygen atoms in total. The quantitative estimate of drug-likeness (QED) is 0.442. The van der Waals surface area contributed by atoms with Crippen LogP contribution in [0.15, 0.2) is 46.9 Å². The second-order valence-electron chi connectivity index (χ2n) is 7.47. The number of carbonyl (C=O) groups is 1. The minimum absolute atomic E-state index is 0.153. The number of thiophene rings is 1. The van der Waals surface area contributed by atoms with Gasteiger partial charge < -0.3 is 4.90 Å². The van der Waals surface area contributed by atoms with Crippen LogP contribution in [-0.2, 0) is 11.3 Å². The first-order valence-electron chi connectivity index (χ1n) is 10.1. The molecule has 3 aromatic rings. The van der Waals surface area contributed by atoms with Crippen LogP contribution in [0, 0.1) is 6.92 Å². The van der Waals surface area contributed by atoms with E-state index in [4.69, 9.17) is 0 Å². The van der Waals surface area contributed by atoms with Gasteiger partial charge >= 0.3 is 0 Å². The van der Waals surface area contributed by atoms with Gasteiger partial charge in [-0.3, -0.25) is 9.36 Å². The summed E-state index contributed by atoms with van der Waals surface area (Å²) in [6, 6.07) is 13.0. The van der Waals surface area contributed by atoms with Crippen LogP contribution < -0.4 is 0 Å². The van der Waals surface area contributed by atoms with Crippen molar-refractivity contribution in [3.05, 3.63) is 52.9 Å². The van der Waals surface area contributed by atoms with E-state index in [9.17, 15) is 4.79 Å². The second-order valence-corrected chi connectivity index (χ2v) is 9.36. The third kappa shape index (κ3) is 4.90. The van der Waals surface area contributed by atoms with Crippen LogP contribution in [-0.4, -0.2) is 37.9 Å². The fourth-order valence-electron chi connectivity index (χ4n) is 3.30. The van der Waals surface area contributed by atoms with E-state index in [-0.39, 0.29) is 5.91 Å². The van der Waals surface area contributed by atoms with Crippen LogP contribution in [0.25, 0.3) is 10.7 Å². The topological polar surface area (TPSA) is 51.0 Å². The molecule has 0 spiro atoms. The molecule has 1 aliphatic carbocycles. The molecule has 29 heavy (non-hydrogen) atoms. The Labute approximate surface area is 180 Å². The van der Waals surface area contributed by atoms with E-state index in [0.29, 0.717) is 18.3 Å². The molecular weight excluding hydrogens is 400 g/mol. The molecule has 0 atom stereocenters. The van der Waals surface area contributed by atoms with Crippen molar-refractivity contribution in [3.8, 4) is 10.7 Å². The van der Waals surface area contributed by atoms with E-state index in [2.05, 4.69) is 64.3 Å². The van der Waals surface area contributed by atoms with Gasteiger partial charge in [0.05, 0.1) is 10.6 Å². The smallest absolute Gasteiger partial charge is 0.233 e. The number of nitrogens with zero attached hydrogens (tertiary/aromatic N) is 4. The number of hydrogen-bond acceptors (Lipinski definition) is 5. The number of amides is 1. The zero-order valence-electron chi connectivity index (χ0n) is 16.9. The van der Waals surface area contributed by atoms with Crippen LogP contribution in [0.1, 0.15) is 43.4 Å². The standard InChI is InChI=1S/C22H26N4OS2/c1-3-12-25(14-17-8-6-16(2)7-9-17)20(27)15-29-22-24-23-21(19-5-4-13-28-19)26(22)18-10-11-18/h4-9,13,18H,3,10-12,14-15H2,1-2H3. The van der Waals surface area contributed by atoms with Crippen molar-refractivity contribution in [1.82, 2.24) is 19.7 Å². The summed E-state index contributed by atoms with van der Waals surface area (Å²) in [7, 11) is 0. The number of hydrogen-bond donors (Lipinski definition) is 0. The minimum Gasteiger partial charge on any atom is -0.338 e. The molecule has 0 radical (unpaired) electrons. The van der Waals surface area contributed by atoms with Gasteiger partial charge in [0.2, 0.25) is 5.91 Å². The van der Waals surface area contributed by atoms with Crippen LogP contribution in [0.2, 0.25) is 0 Å². The highest BCUT2D eigenvalue weighted by Gasteiger charge is 2.30. The average Bonchev–Trinajstić information content (AvgIpc) is 3.24. The van der Waals surface area contributed by atoms with Crippen molar-refractivity contribution in [3.63, 3.8) is 0 Å². The molecule has 1 fully saturated rings. The summed E-state index contributed by atoms with van der Waals surface area (Å²) in [5, 5.41) is 11.8. The SMILES string of the molecule is CCCN(Cc1ccc(C)cc1)C(=O)CSc1nnc(-c2cccs2)n1C1CC1. The predicted octanol–water partition coefficient (Wildman–Crippen LogP) is 5.18. The molecule has 1 aliphatic rings. The zero-order valence-corrected chi connectivity index (χ0v) is 18.5. The number of thioether (sulfide) groups is 1. The van der Waals surface area contributed by atoms with Gasteiger partial charge in [0.1, 0.15) is 0 Å². The van der Waals surface area contributed by atoms with Gasteiger partial charge in [-0.15, -0.1) is 21.5 Å². The van der Waals surface area contributed by atoms with Gasteiger partial charge in [0.25, 0.3) is 0 Å². The van der Waals surface area contributed by atoms with Gasteiger partial charge in [-0.05, 0) is 43.2 Å². The molecular formula is C22H26N4OS2. The minimum atomic E-state index is 0.153. The van der Waals surface area contributed by atoms with Gasteiger partial charge in [-0.2, -0.15) is 0 Å². The summed E-state index contributed by atoms with van der Waals surface area (Å²) in [5.41, 5.74) is 2.40. The first-order valence-corrected chi connectivity index (χ1v) is 12.0. The van der Waals surface area contributed by atoms with E-state index in [1.54, 1.807) is 11.3 Å². The number of aromatic nitrogens is 3.